The number of hydrogen-bond donors (Lipinski definition) is 1. The maximum absolute atomic E-state index is 11.5. The van der Waals surface area contributed by atoms with Gasteiger partial charge < -0.3 is 9.84 Å². The Kier molecular flexibility index (Phi) is 6.07. The van der Waals surface area contributed by atoms with Gasteiger partial charge in [-0.3, -0.25) is 9.69 Å². The van der Waals surface area contributed by atoms with Gasteiger partial charge in [-0.2, -0.15) is 0 Å². The van der Waals surface area contributed by atoms with Gasteiger partial charge in [0.05, 0.1) is 19.1 Å². The second-order valence-electron chi connectivity index (χ2n) is 6.48. The van der Waals surface area contributed by atoms with Crippen LogP contribution in [0.25, 0.3) is 0 Å². The van der Waals surface area contributed by atoms with Crippen molar-refractivity contribution < 1.29 is 14.6 Å². The summed E-state index contributed by atoms with van der Waals surface area (Å²) in [7, 11) is 1.62. The Labute approximate surface area is 163 Å². The van der Waals surface area contributed by atoms with Crippen molar-refractivity contribution in [1.82, 2.24) is 4.90 Å². The minimum Gasteiger partial charge on any atom is -0.496 e. The quantitative estimate of drug-likeness (QED) is 0.785. The average Bonchev–Trinajstić information content (AvgIpc) is 2.64. The van der Waals surface area contributed by atoms with E-state index in [4.69, 9.17) is 27.9 Å². The van der Waals surface area contributed by atoms with Gasteiger partial charge in [-0.15, -0.1) is 0 Å². The number of likely N-dealkylation sites (tertiary alicyclic amines) is 1. The fourth-order valence-corrected chi connectivity index (χ4v) is 4.04. The first-order valence-corrected chi connectivity index (χ1v) is 9.31. The normalized spacial score (nSPS) is 19.1. The van der Waals surface area contributed by atoms with Crippen molar-refractivity contribution in [3.63, 3.8) is 0 Å². The molecule has 0 spiro atoms. The molecule has 1 saturated heterocycles. The maximum Gasteiger partial charge on any atom is 0.307 e. The number of ether oxygens (including phenoxy) is 1. The number of halogens is 2. The van der Waals surface area contributed by atoms with E-state index in [1.165, 1.54) is 0 Å². The molecular weight excluding hydrogens is 373 g/mol. The number of carboxylic acid groups (broad SMARTS) is 1. The number of piperidine rings is 1. The van der Waals surface area contributed by atoms with Gasteiger partial charge >= 0.3 is 5.97 Å². The summed E-state index contributed by atoms with van der Waals surface area (Å²) in [4.78, 5) is 13.7. The van der Waals surface area contributed by atoms with E-state index in [9.17, 15) is 9.90 Å². The number of hydrogen-bond acceptors (Lipinski definition) is 3. The van der Waals surface area contributed by atoms with Gasteiger partial charge in [-0.05, 0) is 49.2 Å². The Morgan fingerprint density at radius 2 is 2.00 bits per heavy atom. The highest BCUT2D eigenvalue weighted by molar-refractivity contribution is 6.31. The Morgan fingerprint density at radius 3 is 2.69 bits per heavy atom. The van der Waals surface area contributed by atoms with Gasteiger partial charge in [0.2, 0.25) is 0 Å². The van der Waals surface area contributed by atoms with Crippen LogP contribution in [-0.4, -0.2) is 36.2 Å². The Hall–Kier alpha value is -1.75. The predicted molar refractivity (Wildman–Crippen MR) is 103 cm³/mol. The summed E-state index contributed by atoms with van der Waals surface area (Å²) >= 11 is 12.8. The van der Waals surface area contributed by atoms with Crippen LogP contribution in [0.1, 0.15) is 30.0 Å². The maximum atomic E-state index is 11.5. The summed E-state index contributed by atoms with van der Waals surface area (Å²) in [6.45, 7) is 1.25. The van der Waals surface area contributed by atoms with Crippen molar-refractivity contribution in [1.29, 1.82) is 0 Å². The molecule has 6 heteroatoms. The van der Waals surface area contributed by atoms with Crippen LogP contribution in [0.2, 0.25) is 10.0 Å². The summed E-state index contributed by atoms with van der Waals surface area (Å²) in [5.74, 6) is -0.443. The van der Waals surface area contributed by atoms with Gasteiger partial charge in [0.25, 0.3) is 0 Å². The fourth-order valence-electron chi connectivity index (χ4n) is 3.62. The molecule has 0 aromatic heterocycles. The third kappa shape index (κ3) is 3.98. The molecule has 1 fully saturated rings. The zero-order valence-corrected chi connectivity index (χ0v) is 16.0. The van der Waals surface area contributed by atoms with Crippen LogP contribution in [0.3, 0.4) is 0 Å². The van der Waals surface area contributed by atoms with E-state index >= 15 is 0 Å². The molecule has 0 bridgehead atoms. The van der Waals surface area contributed by atoms with E-state index in [0.717, 1.165) is 24.1 Å². The number of aliphatic carboxylic acids is 1. The summed E-state index contributed by atoms with van der Waals surface area (Å²) in [5.41, 5.74) is 1.81. The molecule has 0 saturated carbocycles. The third-order valence-electron chi connectivity index (χ3n) is 4.85. The molecular formula is C20H21Cl2NO3. The molecule has 138 valence electrons. The van der Waals surface area contributed by atoms with Crippen molar-refractivity contribution >= 4 is 29.2 Å². The predicted octanol–water partition coefficient (Wildman–Crippen LogP) is 4.89. The summed E-state index contributed by atoms with van der Waals surface area (Å²) in [6, 6.07) is 12.9. The van der Waals surface area contributed by atoms with E-state index in [0.29, 0.717) is 28.8 Å². The van der Waals surface area contributed by atoms with Crippen molar-refractivity contribution in [2.24, 2.45) is 5.92 Å². The number of methoxy groups -OCH3 is 1. The molecule has 0 aliphatic carbocycles. The minimum atomic E-state index is -0.759. The van der Waals surface area contributed by atoms with E-state index in [1.807, 2.05) is 36.4 Å². The van der Waals surface area contributed by atoms with Crippen molar-refractivity contribution in [3.8, 4) is 5.75 Å². The summed E-state index contributed by atoms with van der Waals surface area (Å²) in [6.07, 6.45) is 1.51. The Balaban J connectivity index is 2.10. The minimum absolute atomic E-state index is 0.223. The first-order valence-electron chi connectivity index (χ1n) is 8.56. The van der Waals surface area contributed by atoms with Gasteiger partial charge in [-0.1, -0.05) is 41.4 Å². The van der Waals surface area contributed by atoms with Gasteiger partial charge in [0, 0.05) is 22.2 Å². The van der Waals surface area contributed by atoms with Crippen LogP contribution in [-0.2, 0) is 4.79 Å². The van der Waals surface area contributed by atoms with Crippen LogP contribution in [0, 0.1) is 5.92 Å². The second-order valence-corrected chi connectivity index (χ2v) is 7.33. The lowest BCUT2D eigenvalue weighted by molar-refractivity contribution is -0.143. The molecule has 2 atom stereocenters. The molecule has 1 heterocycles. The molecule has 2 aromatic rings. The van der Waals surface area contributed by atoms with Gasteiger partial charge in [-0.25, -0.2) is 0 Å². The highest BCUT2D eigenvalue weighted by Gasteiger charge is 2.33. The van der Waals surface area contributed by atoms with Gasteiger partial charge in [0.15, 0.2) is 0 Å². The van der Waals surface area contributed by atoms with Crippen molar-refractivity contribution in [3.05, 3.63) is 63.6 Å². The van der Waals surface area contributed by atoms with Crippen LogP contribution in [0.15, 0.2) is 42.5 Å². The number of nitrogens with zero attached hydrogens (tertiary/aromatic N) is 1. The Bertz CT molecular complexity index is 796. The summed E-state index contributed by atoms with van der Waals surface area (Å²) < 4.78 is 5.56. The van der Waals surface area contributed by atoms with Crippen LogP contribution in [0.5, 0.6) is 5.75 Å². The number of benzene rings is 2. The lowest BCUT2D eigenvalue weighted by Gasteiger charge is -2.38. The number of rotatable bonds is 5. The van der Waals surface area contributed by atoms with E-state index in [2.05, 4.69) is 4.90 Å². The first-order chi connectivity index (χ1) is 12.5. The lowest BCUT2D eigenvalue weighted by atomic mass is 9.91. The SMILES string of the molecule is COc1ccc(Cl)cc1C(c1ccccc1Cl)N1CCCC(C(=O)O)C1. The van der Waals surface area contributed by atoms with Crippen molar-refractivity contribution in [2.45, 2.75) is 18.9 Å². The summed E-state index contributed by atoms with van der Waals surface area (Å²) in [5, 5.41) is 10.7. The van der Waals surface area contributed by atoms with E-state index in [-0.39, 0.29) is 12.0 Å². The van der Waals surface area contributed by atoms with E-state index in [1.54, 1.807) is 13.2 Å². The second kappa shape index (κ2) is 8.30. The largest absolute Gasteiger partial charge is 0.496 e. The number of carboxylic acids is 1. The molecule has 1 N–H and O–H groups in total. The molecule has 0 radical (unpaired) electrons. The van der Waals surface area contributed by atoms with Gasteiger partial charge in [0.1, 0.15) is 5.75 Å². The topological polar surface area (TPSA) is 49.8 Å². The van der Waals surface area contributed by atoms with Crippen LogP contribution < -0.4 is 4.74 Å². The molecule has 26 heavy (non-hydrogen) atoms. The molecule has 2 aromatic carbocycles. The molecule has 1 aliphatic rings. The highest BCUT2D eigenvalue weighted by atomic mass is 35.5. The molecule has 2 unspecified atom stereocenters. The van der Waals surface area contributed by atoms with Crippen LogP contribution in [0.4, 0.5) is 0 Å². The Morgan fingerprint density at radius 1 is 1.23 bits per heavy atom. The number of carbonyl (C=O) groups is 1. The third-order valence-corrected chi connectivity index (χ3v) is 5.43. The highest BCUT2D eigenvalue weighted by Crippen LogP contribution is 2.40. The zero-order valence-electron chi connectivity index (χ0n) is 14.5. The standard InChI is InChI=1S/C20H21Cl2NO3/c1-26-18-9-8-14(21)11-16(18)19(15-6-2-3-7-17(15)22)23-10-4-5-13(12-23)20(24)25/h2-3,6-9,11,13,19H,4-5,10,12H2,1H3,(H,24,25). The molecule has 3 rings (SSSR count). The van der Waals surface area contributed by atoms with Crippen molar-refractivity contribution in [2.75, 3.05) is 20.2 Å². The molecule has 0 amide bonds. The zero-order chi connectivity index (χ0) is 18.7. The molecule has 1 aliphatic heterocycles. The smallest absolute Gasteiger partial charge is 0.307 e. The first kappa shape index (κ1) is 19.0. The van der Waals surface area contributed by atoms with E-state index < -0.39 is 5.97 Å². The van der Waals surface area contributed by atoms with Crippen LogP contribution >= 0.6 is 23.2 Å². The average molecular weight is 394 g/mol. The molecule has 4 nitrogen and oxygen atoms in total. The fraction of sp³-hybridized carbons (Fsp3) is 0.350. The monoisotopic (exact) mass is 393 g/mol. The lowest BCUT2D eigenvalue weighted by Crippen LogP contribution is -2.41.